The predicted molar refractivity (Wildman–Crippen MR) is 108 cm³/mol. The SMILES string of the molecule is CC(=O)/C=C/C(=N\N(C)C=O)OC1=CCC(/C(=N/NC=O)C(=O)N(C)C)C=C1Cl. The van der Waals surface area contributed by atoms with E-state index in [1.807, 2.05) is 0 Å². The molecule has 0 spiro atoms. The third-order valence-electron chi connectivity index (χ3n) is 3.44. The van der Waals surface area contributed by atoms with Gasteiger partial charge in [0.1, 0.15) is 11.5 Å². The third kappa shape index (κ3) is 7.70. The van der Waals surface area contributed by atoms with Crippen molar-refractivity contribution in [3.8, 4) is 0 Å². The minimum atomic E-state index is -0.497. The Hall–Kier alpha value is -3.27. The van der Waals surface area contributed by atoms with Crippen molar-refractivity contribution < 1.29 is 23.9 Å². The van der Waals surface area contributed by atoms with Crippen LogP contribution in [-0.2, 0) is 23.9 Å². The van der Waals surface area contributed by atoms with Gasteiger partial charge in [-0.1, -0.05) is 17.7 Å². The van der Waals surface area contributed by atoms with Crippen LogP contribution in [0.5, 0.6) is 0 Å². The molecule has 11 heteroatoms. The lowest BCUT2D eigenvalue weighted by molar-refractivity contribution is -0.122. The topological polar surface area (TPSA) is 121 Å². The Bertz CT molecular complexity index is 813. The van der Waals surface area contributed by atoms with Crippen LogP contribution >= 0.6 is 11.6 Å². The van der Waals surface area contributed by atoms with E-state index in [0.717, 1.165) is 5.01 Å². The van der Waals surface area contributed by atoms with Crippen LogP contribution in [-0.4, -0.2) is 67.2 Å². The van der Waals surface area contributed by atoms with Crippen molar-refractivity contribution in [2.45, 2.75) is 13.3 Å². The minimum Gasteiger partial charge on any atom is -0.436 e. The molecule has 0 bridgehead atoms. The largest absolute Gasteiger partial charge is 0.436 e. The van der Waals surface area contributed by atoms with Crippen molar-refractivity contribution in [1.29, 1.82) is 0 Å². The molecule has 156 valence electrons. The van der Waals surface area contributed by atoms with Crippen LogP contribution in [0.2, 0.25) is 0 Å². The number of carbonyl (C=O) groups is 4. The number of ether oxygens (including phenoxy) is 1. The molecule has 0 aromatic carbocycles. The molecule has 0 saturated carbocycles. The highest BCUT2D eigenvalue weighted by Crippen LogP contribution is 2.28. The molecule has 0 saturated heterocycles. The zero-order valence-electron chi connectivity index (χ0n) is 16.5. The van der Waals surface area contributed by atoms with E-state index in [2.05, 4.69) is 15.6 Å². The van der Waals surface area contributed by atoms with Crippen molar-refractivity contribution in [2.75, 3.05) is 21.1 Å². The van der Waals surface area contributed by atoms with Gasteiger partial charge in [-0.2, -0.15) is 5.10 Å². The van der Waals surface area contributed by atoms with Crippen LogP contribution in [0.4, 0.5) is 0 Å². The summed E-state index contributed by atoms with van der Waals surface area (Å²) in [6.45, 7) is 1.35. The van der Waals surface area contributed by atoms with E-state index < -0.39 is 5.92 Å². The lowest BCUT2D eigenvalue weighted by Crippen LogP contribution is -2.36. The monoisotopic (exact) mass is 423 g/mol. The lowest BCUT2D eigenvalue weighted by atomic mass is 9.94. The van der Waals surface area contributed by atoms with Crippen LogP contribution in [0.3, 0.4) is 0 Å². The Morgan fingerprint density at radius 1 is 1.28 bits per heavy atom. The van der Waals surface area contributed by atoms with Crippen molar-refractivity contribution >= 4 is 47.7 Å². The van der Waals surface area contributed by atoms with Crippen LogP contribution in [0, 0.1) is 5.92 Å². The van der Waals surface area contributed by atoms with Crippen LogP contribution in [0.1, 0.15) is 13.3 Å². The average Bonchev–Trinajstić information content (AvgIpc) is 2.67. The Kier molecular flexibility index (Phi) is 9.46. The van der Waals surface area contributed by atoms with Gasteiger partial charge in [0.15, 0.2) is 5.78 Å². The Labute approximate surface area is 173 Å². The molecule has 1 aliphatic rings. The fourth-order valence-electron chi connectivity index (χ4n) is 2.12. The Balaban J connectivity index is 3.10. The second-order valence-electron chi connectivity index (χ2n) is 6.03. The second kappa shape index (κ2) is 11.5. The van der Waals surface area contributed by atoms with Crippen molar-refractivity contribution in [3.05, 3.63) is 35.1 Å². The van der Waals surface area contributed by atoms with E-state index in [-0.39, 0.29) is 34.1 Å². The summed E-state index contributed by atoms with van der Waals surface area (Å²) >= 11 is 6.29. The van der Waals surface area contributed by atoms with Gasteiger partial charge in [-0.25, -0.2) is 10.4 Å². The number of nitrogens with zero attached hydrogens (tertiary/aromatic N) is 4. The minimum absolute atomic E-state index is 0.0352. The molecule has 10 nitrogen and oxygen atoms in total. The van der Waals surface area contributed by atoms with E-state index in [1.165, 1.54) is 31.0 Å². The number of hydrogen-bond donors (Lipinski definition) is 1. The number of hydrazone groups is 2. The van der Waals surface area contributed by atoms with Crippen LogP contribution < -0.4 is 5.43 Å². The van der Waals surface area contributed by atoms with E-state index in [9.17, 15) is 19.2 Å². The van der Waals surface area contributed by atoms with Gasteiger partial charge in [0, 0.05) is 33.1 Å². The Morgan fingerprint density at radius 3 is 2.48 bits per heavy atom. The van der Waals surface area contributed by atoms with Gasteiger partial charge in [-0.15, -0.1) is 5.10 Å². The molecule has 0 radical (unpaired) electrons. The first-order valence-electron chi connectivity index (χ1n) is 8.39. The summed E-state index contributed by atoms with van der Waals surface area (Å²) in [7, 11) is 4.52. The number of amides is 3. The molecule has 1 rings (SSSR count). The number of carbonyl (C=O) groups excluding carboxylic acids is 4. The molecule has 29 heavy (non-hydrogen) atoms. The van der Waals surface area contributed by atoms with Crippen LogP contribution in [0.15, 0.2) is 45.3 Å². The van der Waals surface area contributed by atoms with Gasteiger partial charge in [-0.3, -0.25) is 19.2 Å². The fraction of sp³-hybridized carbons (Fsp3) is 0.333. The van der Waals surface area contributed by atoms with Gasteiger partial charge in [0.2, 0.25) is 18.7 Å². The zero-order valence-corrected chi connectivity index (χ0v) is 17.2. The number of nitrogens with one attached hydrogen (secondary N) is 1. The quantitative estimate of drug-likeness (QED) is 0.193. The second-order valence-corrected chi connectivity index (χ2v) is 6.44. The van der Waals surface area contributed by atoms with Gasteiger partial charge in [0.25, 0.3) is 5.91 Å². The van der Waals surface area contributed by atoms with E-state index in [4.69, 9.17) is 16.3 Å². The smallest absolute Gasteiger partial charge is 0.270 e. The summed E-state index contributed by atoms with van der Waals surface area (Å²) in [5.74, 6) is -0.925. The first-order chi connectivity index (χ1) is 13.7. The summed E-state index contributed by atoms with van der Waals surface area (Å²) in [5, 5.41) is 8.86. The summed E-state index contributed by atoms with van der Waals surface area (Å²) in [6.07, 6.45) is 6.82. The van der Waals surface area contributed by atoms with Crippen molar-refractivity contribution in [2.24, 2.45) is 16.1 Å². The van der Waals surface area contributed by atoms with Gasteiger partial charge in [-0.05, 0) is 25.5 Å². The van der Waals surface area contributed by atoms with Crippen molar-refractivity contribution in [3.63, 3.8) is 0 Å². The summed E-state index contributed by atoms with van der Waals surface area (Å²) in [5.41, 5.74) is 2.23. The zero-order chi connectivity index (χ0) is 22.0. The molecule has 1 aliphatic carbocycles. The number of hydrogen-bond acceptors (Lipinski definition) is 7. The molecular formula is C18H22ClN5O5. The highest BCUT2D eigenvalue weighted by molar-refractivity contribution is 6.40. The highest BCUT2D eigenvalue weighted by atomic mass is 35.5. The Morgan fingerprint density at radius 2 is 1.97 bits per heavy atom. The maximum Gasteiger partial charge on any atom is 0.270 e. The molecule has 0 aromatic rings. The molecule has 1 N–H and O–H groups in total. The molecule has 0 aromatic heterocycles. The normalized spacial score (nSPS) is 17.2. The average molecular weight is 424 g/mol. The number of ketones is 1. The van der Waals surface area contributed by atoms with E-state index >= 15 is 0 Å². The summed E-state index contributed by atoms with van der Waals surface area (Å²) in [6, 6.07) is 0. The molecule has 0 fully saturated rings. The molecule has 0 heterocycles. The summed E-state index contributed by atoms with van der Waals surface area (Å²) in [4.78, 5) is 46.2. The maximum absolute atomic E-state index is 12.3. The first kappa shape index (κ1) is 23.8. The number of rotatable bonds is 9. The maximum atomic E-state index is 12.3. The number of halogens is 1. The molecule has 0 aliphatic heterocycles. The standard InChI is InChI=1S/C18H22ClN5O5/c1-12(27)5-8-16(22-24(4)11-26)29-15-7-6-13(9-14(15)19)17(21-20-10-25)18(28)23(2)3/h5,7-11,13H,6H2,1-4H3,(H,20,25)/b8-5+,21-17-,22-16+. The summed E-state index contributed by atoms with van der Waals surface area (Å²) < 4.78 is 5.61. The van der Waals surface area contributed by atoms with Gasteiger partial charge in [0.05, 0.1) is 5.03 Å². The highest BCUT2D eigenvalue weighted by Gasteiger charge is 2.27. The van der Waals surface area contributed by atoms with Gasteiger partial charge >= 0.3 is 0 Å². The molecular weight excluding hydrogens is 402 g/mol. The van der Waals surface area contributed by atoms with Crippen LogP contribution in [0.25, 0.3) is 0 Å². The first-order valence-corrected chi connectivity index (χ1v) is 8.76. The van der Waals surface area contributed by atoms with Gasteiger partial charge < -0.3 is 9.64 Å². The third-order valence-corrected chi connectivity index (χ3v) is 3.75. The lowest BCUT2D eigenvalue weighted by Gasteiger charge is -2.22. The predicted octanol–water partition coefficient (Wildman–Crippen LogP) is 0.767. The molecule has 1 unspecified atom stereocenters. The van der Waals surface area contributed by atoms with Crippen molar-refractivity contribution in [1.82, 2.24) is 15.3 Å². The molecule has 3 amide bonds. The van der Waals surface area contributed by atoms with E-state index in [0.29, 0.717) is 19.2 Å². The number of allylic oxidation sites excluding steroid dienone is 4. The molecule has 1 atom stereocenters. The van der Waals surface area contributed by atoms with E-state index in [1.54, 1.807) is 26.2 Å². The fourth-order valence-corrected chi connectivity index (χ4v) is 2.39.